The monoisotopic (exact) mass is 247 g/mol. The van der Waals surface area contributed by atoms with Gasteiger partial charge in [-0.25, -0.2) is 4.98 Å². The van der Waals surface area contributed by atoms with Crippen molar-refractivity contribution < 1.29 is 4.79 Å². The first kappa shape index (κ1) is 12.2. The zero-order chi connectivity index (χ0) is 13.1. The smallest absolute Gasteiger partial charge is 0.239 e. The number of anilines is 2. The number of nitrogen functional groups attached to an aromatic ring is 1. The lowest BCUT2D eigenvalue weighted by Gasteiger charge is -2.18. The molecule has 0 aliphatic carbocycles. The van der Waals surface area contributed by atoms with Gasteiger partial charge in [-0.3, -0.25) is 4.79 Å². The second kappa shape index (κ2) is 4.95. The number of likely N-dealkylation sites (N-methyl/N-ethyl adjacent to an activating group) is 2. The molecule has 1 aromatic heterocycles. The molecular weight excluding hydrogens is 230 g/mol. The van der Waals surface area contributed by atoms with Crippen LogP contribution in [0.15, 0.2) is 18.2 Å². The molecule has 18 heavy (non-hydrogen) atoms. The fraction of sp³-hybridized carbons (Fsp3) is 0.333. The lowest BCUT2D eigenvalue weighted by molar-refractivity contribution is -0.119. The van der Waals surface area contributed by atoms with Crippen molar-refractivity contribution in [2.75, 3.05) is 30.8 Å². The highest BCUT2D eigenvalue weighted by Crippen LogP contribution is 2.19. The van der Waals surface area contributed by atoms with E-state index in [0.717, 1.165) is 11.0 Å². The molecule has 0 unspecified atom stereocenters. The number of nitrogens with one attached hydrogen (secondary N) is 2. The molecule has 0 atom stereocenters. The Morgan fingerprint density at radius 1 is 1.56 bits per heavy atom. The van der Waals surface area contributed by atoms with E-state index in [2.05, 4.69) is 15.3 Å². The van der Waals surface area contributed by atoms with Crippen LogP contribution in [0.3, 0.4) is 0 Å². The molecule has 0 spiro atoms. The number of nitrogens with zero attached hydrogens (tertiary/aromatic N) is 2. The molecule has 0 saturated carbocycles. The van der Waals surface area contributed by atoms with E-state index in [1.165, 1.54) is 0 Å². The molecule has 0 bridgehead atoms. The first-order valence-electron chi connectivity index (χ1n) is 5.84. The van der Waals surface area contributed by atoms with Crippen LogP contribution in [-0.2, 0) is 4.79 Å². The summed E-state index contributed by atoms with van der Waals surface area (Å²) in [5, 5.41) is 2.60. The van der Waals surface area contributed by atoms with Gasteiger partial charge < -0.3 is 20.9 Å². The maximum absolute atomic E-state index is 11.4. The number of carbonyl (C=O) groups excluding carboxylic acids is 1. The SMILES string of the molecule is CCN(CC(=O)NC)c1nc2ccc(N)cc2[nH]1. The Balaban J connectivity index is 2.30. The van der Waals surface area contributed by atoms with Gasteiger partial charge in [-0.2, -0.15) is 0 Å². The van der Waals surface area contributed by atoms with Crippen molar-refractivity contribution in [1.82, 2.24) is 15.3 Å². The fourth-order valence-electron chi connectivity index (χ4n) is 1.75. The van der Waals surface area contributed by atoms with E-state index in [0.29, 0.717) is 18.2 Å². The number of benzene rings is 1. The second-order valence-corrected chi connectivity index (χ2v) is 4.02. The molecule has 0 aliphatic heterocycles. The van der Waals surface area contributed by atoms with Crippen LogP contribution < -0.4 is 16.0 Å². The maximum atomic E-state index is 11.4. The Bertz CT molecular complexity index is 563. The van der Waals surface area contributed by atoms with E-state index in [4.69, 9.17) is 5.73 Å². The van der Waals surface area contributed by atoms with Gasteiger partial charge in [0.25, 0.3) is 0 Å². The molecule has 6 heteroatoms. The van der Waals surface area contributed by atoms with Gasteiger partial charge in [0.05, 0.1) is 17.6 Å². The van der Waals surface area contributed by atoms with Crippen LogP contribution in [0, 0.1) is 0 Å². The van der Waals surface area contributed by atoms with E-state index >= 15 is 0 Å². The van der Waals surface area contributed by atoms with E-state index in [9.17, 15) is 4.79 Å². The number of fused-ring (bicyclic) bond motifs is 1. The molecule has 6 nitrogen and oxygen atoms in total. The number of hydrogen-bond acceptors (Lipinski definition) is 4. The van der Waals surface area contributed by atoms with Crippen LogP contribution in [0.2, 0.25) is 0 Å². The number of imidazole rings is 1. The molecule has 1 amide bonds. The van der Waals surface area contributed by atoms with Gasteiger partial charge in [0.15, 0.2) is 0 Å². The molecule has 4 N–H and O–H groups in total. The average molecular weight is 247 g/mol. The molecule has 0 saturated heterocycles. The number of carbonyl (C=O) groups is 1. The van der Waals surface area contributed by atoms with Crippen molar-refractivity contribution in [2.45, 2.75) is 6.92 Å². The number of nitrogens with two attached hydrogens (primary N) is 1. The summed E-state index contributed by atoms with van der Waals surface area (Å²) in [5.41, 5.74) is 8.12. The van der Waals surface area contributed by atoms with E-state index in [-0.39, 0.29) is 12.5 Å². The Hall–Kier alpha value is -2.24. The van der Waals surface area contributed by atoms with Gasteiger partial charge in [-0.15, -0.1) is 0 Å². The van der Waals surface area contributed by atoms with E-state index in [1.807, 2.05) is 30.0 Å². The summed E-state index contributed by atoms with van der Waals surface area (Å²) in [5.74, 6) is 0.638. The molecule has 1 aromatic carbocycles. The summed E-state index contributed by atoms with van der Waals surface area (Å²) < 4.78 is 0. The summed E-state index contributed by atoms with van der Waals surface area (Å²) in [6.07, 6.45) is 0. The van der Waals surface area contributed by atoms with Gasteiger partial charge >= 0.3 is 0 Å². The highest BCUT2D eigenvalue weighted by molar-refractivity contribution is 5.83. The molecular formula is C12H17N5O. The molecule has 0 aliphatic rings. The summed E-state index contributed by atoms with van der Waals surface area (Å²) in [6.45, 7) is 2.95. The van der Waals surface area contributed by atoms with Crippen molar-refractivity contribution in [3.63, 3.8) is 0 Å². The molecule has 2 aromatic rings. The predicted octanol–water partition coefficient (Wildman–Crippen LogP) is 0.717. The van der Waals surface area contributed by atoms with Gasteiger partial charge in [-0.05, 0) is 25.1 Å². The zero-order valence-corrected chi connectivity index (χ0v) is 10.5. The number of hydrogen-bond donors (Lipinski definition) is 3. The largest absolute Gasteiger partial charge is 0.399 e. The highest BCUT2D eigenvalue weighted by atomic mass is 16.1. The summed E-state index contributed by atoms with van der Waals surface area (Å²) in [7, 11) is 1.62. The van der Waals surface area contributed by atoms with Crippen LogP contribution in [0.25, 0.3) is 11.0 Å². The standard InChI is InChI=1S/C12H17N5O/c1-3-17(7-11(18)14-2)12-15-9-5-4-8(13)6-10(9)16-12/h4-6H,3,7,13H2,1-2H3,(H,14,18)(H,15,16). The minimum Gasteiger partial charge on any atom is -0.399 e. The van der Waals surface area contributed by atoms with Crippen LogP contribution in [-0.4, -0.2) is 36.0 Å². The van der Waals surface area contributed by atoms with Crippen LogP contribution >= 0.6 is 0 Å². The Kier molecular flexibility index (Phi) is 3.36. The minimum atomic E-state index is -0.0446. The first-order chi connectivity index (χ1) is 8.63. The number of H-pyrrole nitrogens is 1. The number of aromatic amines is 1. The van der Waals surface area contributed by atoms with Crippen molar-refractivity contribution in [3.8, 4) is 0 Å². The number of amides is 1. The van der Waals surface area contributed by atoms with Gasteiger partial charge in [0.1, 0.15) is 0 Å². The lowest BCUT2D eigenvalue weighted by atomic mass is 10.3. The summed E-state index contributed by atoms with van der Waals surface area (Å²) in [4.78, 5) is 20.9. The minimum absolute atomic E-state index is 0.0446. The van der Waals surface area contributed by atoms with Crippen LogP contribution in [0.1, 0.15) is 6.92 Å². The third-order valence-electron chi connectivity index (χ3n) is 2.79. The van der Waals surface area contributed by atoms with Crippen LogP contribution in [0.5, 0.6) is 0 Å². The predicted molar refractivity (Wildman–Crippen MR) is 72.5 cm³/mol. The zero-order valence-electron chi connectivity index (χ0n) is 10.5. The summed E-state index contributed by atoms with van der Waals surface area (Å²) >= 11 is 0. The van der Waals surface area contributed by atoms with Crippen molar-refractivity contribution in [2.24, 2.45) is 0 Å². The Morgan fingerprint density at radius 2 is 2.33 bits per heavy atom. The molecule has 96 valence electrons. The molecule has 0 fully saturated rings. The molecule has 2 rings (SSSR count). The van der Waals surface area contributed by atoms with Crippen molar-refractivity contribution in [1.29, 1.82) is 0 Å². The summed E-state index contributed by atoms with van der Waals surface area (Å²) in [6, 6.07) is 5.50. The Morgan fingerprint density at radius 3 is 3.00 bits per heavy atom. The fourth-order valence-corrected chi connectivity index (χ4v) is 1.75. The second-order valence-electron chi connectivity index (χ2n) is 4.02. The van der Waals surface area contributed by atoms with Gasteiger partial charge in [-0.1, -0.05) is 0 Å². The number of rotatable bonds is 4. The third-order valence-corrected chi connectivity index (χ3v) is 2.79. The third kappa shape index (κ3) is 2.37. The van der Waals surface area contributed by atoms with Gasteiger partial charge in [0, 0.05) is 19.3 Å². The van der Waals surface area contributed by atoms with E-state index in [1.54, 1.807) is 7.05 Å². The first-order valence-corrected chi connectivity index (χ1v) is 5.84. The van der Waals surface area contributed by atoms with Crippen molar-refractivity contribution in [3.05, 3.63) is 18.2 Å². The van der Waals surface area contributed by atoms with Gasteiger partial charge in [0.2, 0.25) is 11.9 Å². The van der Waals surface area contributed by atoms with Crippen LogP contribution in [0.4, 0.5) is 11.6 Å². The quantitative estimate of drug-likeness (QED) is 0.695. The average Bonchev–Trinajstić information content (AvgIpc) is 2.78. The van der Waals surface area contributed by atoms with E-state index < -0.39 is 0 Å². The normalized spacial score (nSPS) is 10.6. The highest BCUT2D eigenvalue weighted by Gasteiger charge is 2.12. The van der Waals surface area contributed by atoms with Crippen molar-refractivity contribution >= 4 is 28.6 Å². The molecule has 0 radical (unpaired) electrons. The topological polar surface area (TPSA) is 87.0 Å². The number of aromatic nitrogens is 2. The lowest BCUT2D eigenvalue weighted by Crippen LogP contribution is -2.36. The molecule has 1 heterocycles. The Labute approximate surface area is 105 Å². The maximum Gasteiger partial charge on any atom is 0.239 e.